The number of benzene rings is 2. The Morgan fingerprint density at radius 2 is 1.86 bits per heavy atom. The van der Waals surface area contributed by atoms with Gasteiger partial charge in [-0.15, -0.1) is 0 Å². The van der Waals surface area contributed by atoms with Crippen LogP contribution in [0.1, 0.15) is 18.4 Å². The van der Waals surface area contributed by atoms with Crippen molar-refractivity contribution in [2.24, 2.45) is 0 Å². The normalized spacial score (nSPS) is 11.1. The number of rotatable bonds is 5. The third-order valence-electron chi connectivity index (χ3n) is 3.53. The monoisotopic (exact) mass is 361 g/mol. The van der Waals surface area contributed by atoms with Crippen LogP contribution in [0.4, 0.5) is 0 Å². The van der Waals surface area contributed by atoms with Crippen LogP contribution in [0.15, 0.2) is 46.9 Å². The standard InChI is InChI=1S/C17H16BrNOS/c18-14-7-5-13(6-8-14)17-15-9-4-12(3-1-2-10-20)11-16(15)21-19-17/h4-9,11,20H,1-3,10H2. The number of aliphatic hydroxyl groups is 1. The molecule has 0 aliphatic carbocycles. The highest BCUT2D eigenvalue weighted by Gasteiger charge is 2.09. The summed E-state index contributed by atoms with van der Waals surface area (Å²) in [7, 11) is 0. The number of aromatic nitrogens is 1. The summed E-state index contributed by atoms with van der Waals surface area (Å²) in [5, 5.41) is 10.1. The predicted molar refractivity (Wildman–Crippen MR) is 92.8 cm³/mol. The van der Waals surface area contributed by atoms with Crippen molar-refractivity contribution in [2.45, 2.75) is 19.3 Å². The van der Waals surface area contributed by atoms with Crippen LogP contribution in [0.25, 0.3) is 21.3 Å². The smallest absolute Gasteiger partial charge is 0.0919 e. The minimum Gasteiger partial charge on any atom is -0.396 e. The Bertz CT molecular complexity index is 736. The van der Waals surface area contributed by atoms with Crippen molar-refractivity contribution < 1.29 is 5.11 Å². The molecular weight excluding hydrogens is 346 g/mol. The average molecular weight is 362 g/mol. The maximum absolute atomic E-state index is 8.85. The van der Waals surface area contributed by atoms with Gasteiger partial charge in [-0.3, -0.25) is 0 Å². The Morgan fingerprint density at radius 3 is 2.62 bits per heavy atom. The van der Waals surface area contributed by atoms with Gasteiger partial charge < -0.3 is 5.11 Å². The zero-order chi connectivity index (χ0) is 14.7. The van der Waals surface area contributed by atoms with E-state index in [2.05, 4.69) is 50.6 Å². The minimum absolute atomic E-state index is 0.274. The molecule has 0 bridgehead atoms. The van der Waals surface area contributed by atoms with Gasteiger partial charge in [0.2, 0.25) is 0 Å². The topological polar surface area (TPSA) is 33.1 Å². The number of halogens is 1. The molecule has 0 amide bonds. The van der Waals surface area contributed by atoms with E-state index in [9.17, 15) is 0 Å². The quantitative estimate of drug-likeness (QED) is 0.645. The van der Waals surface area contributed by atoms with Crippen molar-refractivity contribution in [1.29, 1.82) is 0 Å². The Kier molecular flexibility index (Phi) is 4.68. The van der Waals surface area contributed by atoms with Crippen LogP contribution in [-0.4, -0.2) is 16.1 Å². The molecule has 0 radical (unpaired) electrons. The number of unbranched alkanes of at least 4 members (excludes halogenated alkanes) is 1. The fourth-order valence-electron chi connectivity index (χ4n) is 2.39. The molecule has 108 valence electrons. The van der Waals surface area contributed by atoms with Crippen LogP contribution >= 0.6 is 27.5 Å². The van der Waals surface area contributed by atoms with E-state index in [0.29, 0.717) is 0 Å². The van der Waals surface area contributed by atoms with E-state index in [4.69, 9.17) is 5.11 Å². The molecule has 0 spiro atoms. The summed E-state index contributed by atoms with van der Waals surface area (Å²) in [4.78, 5) is 0. The van der Waals surface area contributed by atoms with E-state index < -0.39 is 0 Å². The zero-order valence-electron chi connectivity index (χ0n) is 11.6. The molecule has 3 rings (SSSR count). The maximum Gasteiger partial charge on any atom is 0.0919 e. The summed E-state index contributed by atoms with van der Waals surface area (Å²) in [6, 6.07) is 14.8. The second-order valence-electron chi connectivity index (χ2n) is 5.05. The fourth-order valence-corrected chi connectivity index (χ4v) is 3.52. The third-order valence-corrected chi connectivity index (χ3v) is 4.86. The van der Waals surface area contributed by atoms with Gasteiger partial charge in [-0.1, -0.05) is 40.2 Å². The van der Waals surface area contributed by atoms with Crippen molar-refractivity contribution in [3.05, 3.63) is 52.5 Å². The van der Waals surface area contributed by atoms with Gasteiger partial charge in [-0.2, -0.15) is 4.37 Å². The molecule has 0 saturated heterocycles. The highest BCUT2D eigenvalue weighted by molar-refractivity contribution is 9.10. The first-order valence-corrected chi connectivity index (χ1v) is 8.59. The molecule has 0 aliphatic rings. The largest absolute Gasteiger partial charge is 0.396 e. The molecule has 2 nitrogen and oxygen atoms in total. The fraction of sp³-hybridized carbons (Fsp3) is 0.235. The number of aryl methyl sites for hydroxylation is 1. The summed E-state index contributed by atoms with van der Waals surface area (Å²) in [6.45, 7) is 0.274. The van der Waals surface area contributed by atoms with E-state index in [1.54, 1.807) is 11.5 Å². The Balaban J connectivity index is 1.90. The van der Waals surface area contributed by atoms with Crippen LogP contribution in [-0.2, 0) is 6.42 Å². The maximum atomic E-state index is 8.85. The minimum atomic E-state index is 0.274. The van der Waals surface area contributed by atoms with E-state index in [1.165, 1.54) is 15.6 Å². The Hall–Kier alpha value is -1.23. The zero-order valence-corrected chi connectivity index (χ0v) is 14.0. The molecule has 1 aromatic heterocycles. The van der Waals surface area contributed by atoms with Crippen LogP contribution in [0.2, 0.25) is 0 Å². The first kappa shape index (κ1) is 14.7. The molecule has 4 heteroatoms. The van der Waals surface area contributed by atoms with E-state index in [-0.39, 0.29) is 6.61 Å². The molecule has 1 heterocycles. The molecule has 1 N–H and O–H groups in total. The van der Waals surface area contributed by atoms with Crippen molar-refractivity contribution in [3.63, 3.8) is 0 Å². The van der Waals surface area contributed by atoms with Gasteiger partial charge in [0.15, 0.2) is 0 Å². The van der Waals surface area contributed by atoms with Gasteiger partial charge in [-0.25, -0.2) is 0 Å². The van der Waals surface area contributed by atoms with Gasteiger partial charge >= 0.3 is 0 Å². The Morgan fingerprint density at radius 1 is 1.05 bits per heavy atom. The number of hydrogen-bond donors (Lipinski definition) is 1. The molecule has 21 heavy (non-hydrogen) atoms. The summed E-state index contributed by atoms with van der Waals surface area (Å²) in [5.41, 5.74) is 3.53. The predicted octanol–water partition coefficient (Wildman–Crippen LogP) is 5.04. The molecule has 3 aromatic rings. The van der Waals surface area contributed by atoms with Gasteiger partial charge in [0.05, 0.1) is 10.4 Å². The summed E-state index contributed by atoms with van der Waals surface area (Å²) < 4.78 is 6.93. The molecular formula is C17H16BrNOS. The molecule has 0 unspecified atom stereocenters. The molecule has 0 fully saturated rings. The van der Waals surface area contributed by atoms with Crippen molar-refractivity contribution in [3.8, 4) is 11.3 Å². The molecule has 2 aromatic carbocycles. The van der Waals surface area contributed by atoms with E-state index >= 15 is 0 Å². The molecule has 0 atom stereocenters. The highest BCUT2D eigenvalue weighted by atomic mass is 79.9. The lowest BCUT2D eigenvalue weighted by Crippen LogP contribution is -1.88. The average Bonchev–Trinajstić information content (AvgIpc) is 2.91. The lowest BCUT2D eigenvalue weighted by molar-refractivity contribution is 0.284. The van der Waals surface area contributed by atoms with Gasteiger partial charge in [-0.05, 0) is 54.6 Å². The lowest BCUT2D eigenvalue weighted by Gasteiger charge is -2.02. The van der Waals surface area contributed by atoms with Crippen molar-refractivity contribution >= 4 is 37.5 Å². The van der Waals surface area contributed by atoms with Crippen LogP contribution in [0, 0.1) is 0 Å². The highest BCUT2D eigenvalue weighted by Crippen LogP contribution is 2.32. The number of nitrogens with zero attached hydrogens (tertiary/aromatic N) is 1. The summed E-state index contributed by atoms with van der Waals surface area (Å²) in [6.07, 6.45) is 2.91. The molecule has 0 saturated carbocycles. The van der Waals surface area contributed by atoms with E-state index in [0.717, 1.165) is 35.0 Å². The van der Waals surface area contributed by atoms with Crippen molar-refractivity contribution in [1.82, 2.24) is 4.37 Å². The summed E-state index contributed by atoms with van der Waals surface area (Å²) >= 11 is 5.02. The van der Waals surface area contributed by atoms with E-state index in [1.807, 2.05) is 12.1 Å². The van der Waals surface area contributed by atoms with Gasteiger partial charge in [0, 0.05) is 22.0 Å². The first-order chi connectivity index (χ1) is 10.3. The van der Waals surface area contributed by atoms with Crippen LogP contribution in [0.5, 0.6) is 0 Å². The second-order valence-corrected chi connectivity index (χ2v) is 6.77. The van der Waals surface area contributed by atoms with Crippen molar-refractivity contribution in [2.75, 3.05) is 6.61 Å². The SMILES string of the molecule is OCCCCc1ccc2c(-c3ccc(Br)cc3)nsc2c1. The van der Waals surface area contributed by atoms with Crippen LogP contribution < -0.4 is 0 Å². The molecule has 0 aliphatic heterocycles. The van der Waals surface area contributed by atoms with Gasteiger partial charge in [0.1, 0.15) is 0 Å². The van der Waals surface area contributed by atoms with Crippen LogP contribution in [0.3, 0.4) is 0 Å². The number of fused-ring (bicyclic) bond motifs is 1. The van der Waals surface area contributed by atoms with Gasteiger partial charge in [0.25, 0.3) is 0 Å². The number of hydrogen-bond acceptors (Lipinski definition) is 3. The first-order valence-electron chi connectivity index (χ1n) is 7.03. The summed E-state index contributed by atoms with van der Waals surface area (Å²) in [5.74, 6) is 0. The third kappa shape index (κ3) is 3.34. The second kappa shape index (κ2) is 6.69. The Labute approximate surface area is 136 Å². The lowest BCUT2D eigenvalue weighted by atomic mass is 10.0. The number of aliphatic hydroxyl groups excluding tert-OH is 1.